The SMILES string of the molecule is O=C1NC(Oc2ccc(Cl)cc2)C=CN1CC1(O)CCCCC1. The molecular weight excluding hydrogens is 316 g/mol. The Labute approximate surface area is 140 Å². The van der Waals surface area contributed by atoms with Crippen LogP contribution in [0.15, 0.2) is 36.5 Å². The molecule has 1 saturated carbocycles. The number of hydrogen-bond acceptors (Lipinski definition) is 3. The molecule has 2 N–H and O–H groups in total. The number of β-amino-alcohol motifs (C(OH)–C–C–N with tert-alkyl or cyclic N) is 1. The molecule has 2 aliphatic rings. The number of amides is 2. The number of nitrogens with one attached hydrogen (secondary N) is 1. The first-order valence-electron chi connectivity index (χ1n) is 7.94. The van der Waals surface area contributed by atoms with Gasteiger partial charge in [-0.1, -0.05) is 30.9 Å². The lowest BCUT2D eigenvalue weighted by Crippen LogP contribution is -2.53. The summed E-state index contributed by atoms with van der Waals surface area (Å²) in [5, 5.41) is 14.0. The summed E-state index contributed by atoms with van der Waals surface area (Å²) in [6, 6.07) is 6.70. The van der Waals surface area contributed by atoms with E-state index in [1.807, 2.05) is 0 Å². The van der Waals surface area contributed by atoms with Crippen LogP contribution in [0.25, 0.3) is 0 Å². The van der Waals surface area contributed by atoms with Crippen LogP contribution in [0, 0.1) is 0 Å². The van der Waals surface area contributed by atoms with Crippen molar-refractivity contribution < 1.29 is 14.6 Å². The molecular formula is C17H21ClN2O3. The second-order valence-corrected chi connectivity index (χ2v) is 6.63. The fraction of sp³-hybridized carbons (Fsp3) is 0.471. The molecule has 124 valence electrons. The Kier molecular flexibility index (Phi) is 4.78. The third kappa shape index (κ3) is 4.18. The van der Waals surface area contributed by atoms with E-state index in [1.54, 1.807) is 36.5 Å². The van der Waals surface area contributed by atoms with Gasteiger partial charge in [0, 0.05) is 11.2 Å². The summed E-state index contributed by atoms with van der Waals surface area (Å²) in [6.45, 7) is 0.322. The average Bonchev–Trinajstić information content (AvgIpc) is 2.53. The van der Waals surface area contributed by atoms with E-state index in [0.717, 1.165) is 32.1 Å². The van der Waals surface area contributed by atoms with E-state index in [9.17, 15) is 9.90 Å². The van der Waals surface area contributed by atoms with Crippen molar-refractivity contribution in [2.24, 2.45) is 0 Å². The van der Waals surface area contributed by atoms with Crippen molar-refractivity contribution in [3.63, 3.8) is 0 Å². The van der Waals surface area contributed by atoms with E-state index in [0.29, 0.717) is 17.3 Å². The van der Waals surface area contributed by atoms with Gasteiger partial charge in [0.1, 0.15) is 5.75 Å². The highest BCUT2D eigenvalue weighted by Gasteiger charge is 2.34. The molecule has 5 nitrogen and oxygen atoms in total. The lowest BCUT2D eigenvalue weighted by atomic mass is 9.84. The summed E-state index contributed by atoms with van der Waals surface area (Å²) in [6.07, 6.45) is 7.59. The summed E-state index contributed by atoms with van der Waals surface area (Å²) >= 11 is 5.83. The van der Waals surface area contributed by atoms with E-state index < -0.39 is 11.8 Å². The number of ether oxygens (including phenoxy) is 1. The van der Waals surface area contributed by atoms with Crippen LogP contribution in [-0.4, -0.2) is 34.4 Å². The van der Waals surface area contributed by atoms with Crippen molar-refractivity contribution >= 4 is 17.6 Å². The first-order chi connectivity index (χ1) is 11.0. The molecule has 0 radical (unpaired) electrons. The lowest BCUT2D eigenvalue weighted by molar-refractivity contribution is -0.0121. The molecule has 1 atom stereocenters. The molecule has 23 heavy (non-hydrogen) atoms. The number of halogens is 1. The van der Waals surface area contributed by atoms with Gasteiger partial charge in [0.15, 0.2) is 6.23 Å². The van der Waals surface area contributed by atoms with E-state index in [4.69, 9.17) is 16.3 Å². The van der Waals surface area contributed by atoms with Gasteiger partial charge in [0.25, 0.3) is 0 Å². The minimum atomic E-state index is -0.774. The zero-order valence-corrected chi connectivity index (χ0v) is 13.6. The molecule has 6 heteroatoms. The number of carbonyl (C=O) groups is 1. The molecule has 0 saturated heterocycles. The summed E-state index contributed by atoms with van der Waals surface area (Å²) in [4.78, 5) is 13.7. The van der Waals surface area contributed by atoms with E-state index in [2.05, 4.69) is 5.32 Å². The highest BCUT2D eigenvalue weighted by molar-refractivity contribution is 6.30. The molecule has 0 bridgehead atoms. The zero-order chi connectivity index (χ0) is 16.3. The molecule has 0 spiro atoms. The Hall–Kier alpha value is -1.72. The molecule has 1 aromatic rings. The lowest BCUT2D eigenvalue weighted by Gasteiger charge is -2.37. The number of aliphatic hydroxyl groups is 1. The molecule has 1 fully saturated rings. The van der Waals surface area contributed by atoms with Crippen LogP contribution in [0.1, 0.15) is 32.1 Å². The van der Waals surface area contributed by atoms with Crippen LogP contribution in [-0.2, 0) is 0 Å². The van der Waals surface area contributed by atoms with Crippen LogP contribution in [0.3, 0.4) is 0 Å². The Morgan fingerprint density at radius 1 is 1.26 bits per heavy atom. The van der Waals surface area contributed by atoms with Gasteiger partial charge < -0.3 is 9.84 Å². The molecule has 1 aromatic carbocycles. The Bertz CT molecular complexity index is 582. The normalized spacial score (nSPS) is 23.5. The number of urea groups is 1. The maximum absolute atomic E-state index is 12.2. The van der Waals surface area contributed by atoms with Crippen molar-refractivity contribution in [3.8, 4) is 5.75 Å². The van der Waals surface area contributed by atoms with E-state index in [1.165, 1.54) is 4.90 Å². The highest BCUT2D eigenvalue weighted by atomic mass is 35.5. The topological polar surface area (TPSA) is 61.8 Å². The molecule has 1 unspecified atom stereocenters. The van der Waals surface area contributed by atoms with Gasteiger partial charge in [-0.25, -0.2) is 4.79 Å². The number of nitrogens with zero attached hydrogens (tertiary/aromatic N) is 1. The highest BCUT2D eigenvalue weighted by Crippen LogP contribution is 2.29. The van der Waals surface area contributed by atoms with Crippen molar-refractivity contribution in [3.05, 3.63) is 41.6 Å². The summed E-state index contributed by atoms with van der Waals surface area (Å²) in [7, 11) is 0. The Morgan fingerprint density at radius 3 is 2.61 bits per heavy atom. The summed E-state index contributed by atoms with van der Waals surface area (Å²) < 4.78 is 5.68. The van der Waals surface area contributed by atoms with Crippen molar-refractivity contribution in [1.82, 2.24) is 10.2 Å². The monoisotopic (exact) mass is 336 g/mol. The number of carbonyl (C=O) groups excluding carboxylic acids is 1. The third-order valence-corrected chi connectivity index (χ3v) is 4.54. The van der Waals surface area contributed by atoms with Gasteiger partial charge in [0.05, 0.1) is 12.1 Å². The van der Waals surface area contributed by atoms with Crippen molar-refractivity contribution in [2.45, 2.75) is 43.9 Å². The third-order valence-electron chi connectivity index (χ3n) is 4.29. The largest absolute Gasteiger partial charge is 0.467 e. The minimum Gasteiger partial charge on any atom is -0.467 e. The zero-order valence-electron chi connectivity index (χ0n) is 12.9. The fourth-order valence-electron chi connectivity index (χ4n) is 3.04. The van der Waals surface area contributed by atoms with Crippen LogP contribution in [0.5, 0.6) is 5.75 Å². The predicted molar refractivity (Wildman–Crippen MR) is 88.3 cm³/mol. The molecule has 1 aliphatic carbocycles. The van der Waals surface area contributed by atoms with Crippen LogP contribution in [0.2, 0.25) is 5.02 Å². The molecule has 2 amide bonds. The maximum Gasteiger partial charge on any atom is 0.324 e. The maximum atomic E-state index is 12.2. The molecule has 0 aromatic heterocycles. The van der Waals surface area contributed by atoms with Gasteiger partial charge in [-0.3, -0.25) is 10.2 Å². The molecule has 1 heterocycles. The van der Waals surface area contributed by atoms with Gasteiger partial charge in [-0.2, -0.15) is 0 Å². The van der Waals surface area contributed by atoms with Crippen LogP contribution < -0.4 is 10.1 Å². The molecule has 3 rings (SSSR count). The van der Waals surface area contributed by atoms with Gasteiger partial charge in [0.2, 0.25) is 0 Å². The number of rotatable bonds is 4. The van der Waals surface area contributed by atoms with Crippen molar-refractivity contribution in [2.75, 3.05) is 6.54 Å². The fourth-order valence-corrected chi connectivity index (χ4v) is 3.17. The van der Waals surface area contributed by atoms with Gasteiger partial charge >= 0.3 is 6.03 Å². The Balaban J connectivity index is 1.59. The second kappa shape index (κ2) is 6.81. The first-order valence-corrected chi connectivity index (χ1v) is 8.32. The van der Waals surface area contributed by atoms with Crippen LogP contribution >= 0.6 is 11.6 Å². The van der Waals surface area contributed by atoms with Gasteiger partial charge in [-0.05, 0) is 43.2 Å². The predicted octanol–water partition coefficient (Wildman–Crippen LogP) is 3.28. The number of hydrogen-bond donors (Lipinski definition) is 2. The van der Waals surface area contributed by atoms with Gasteiger partial charge in [-0.15, -0.1) is 0 Å². The quantitative estimate of drug-likeness (QED) is 0.887. The summed E-state index contributed by atoms with van der Waals surface area (Å²) in [5.74, 6) is 0.628. The smallest absolute Gasteiger partial charge is 0.324 e. The summed E-state index contributed by atoms with van der Waals surface area (Å²) in [5.41, 5.74) is -0.774. The second-order valence-electron chi connectivity index (χ2n) is 6.20. The average molecular weight is 337 g/mol. The van der Waals surface area contributed by atoms with E-state index in [-0.39, 0.29) is 6.03 Å². The number of benzene rings is 1. The minimum absolute atomic E-state index is 0.259. The Morgan fingerprint density at radius 2 is 1.96 bits per heavy atom. The standard InChI is InChI=1S/C17H21ClN2O3/c18-13-4-6-14(7-5-13)23-15-8-11-20(16(21)19-15)12-17(22)9-2-1-3-10-17/h4-8,11,15,22H,1-3,9-10,12H2,(H,19,21). The first kappa shape index (κ1) is 16.1. The molecule has 1 aliphatic heterocycles. The van der Waals surface area contributed by atoms with Crippen molar-refractivity contribution in [1.29, 1.82) is 0 Å². The van der Waals surface area contributed by atoms with E-state index >= 15 is 0 Å². The van der Waals surface area contributed by atoms with Crippen LogP contribution in [0.4, 0.5) is 4.79 Å².